The third kappa shape index (κ3) is 3.01. The van der Waals surface area contributed by atoms with Crippen LogP contribution in [0.2, 0.25) is 0 Å². The van der Waals surface area contributed by atoms with Crippen molar-refractivity contribution < 1.29 is 14.7 Å². The highest BCUT2D eigenvalue weighted by Crippen LogP contribution is 2.47. The molecule has 4 nitrogen and oxygen atoms in total. The molecular weight excluding hydrogens is 430 g/mol. The predicted octanol–water partition coefficient (Wildman–Crippen LogP) is 6.62. The van der Waals surface area contributed by atoms with Gasteiger partial charge < -0.3 is 5.11 Å². The zero-order chi connectivity index (χ0) is 22.5. The molecule has 6 rings (SSSR count). The topological polar surface area (TPSA) is 59.3 Å². The van der Waals surface area contributed by atoms with E-state index in [9.17, 15) is 14.7 Å². The molecule has 1 N–H and O–H groups in total. The summed E-state index contributed by atoms with van der Waals surface area (Å²) in [6, 6.07) is 28.7. The first-order chi connectivity index (χ1) is 16.1. The largest absolute Gasteiger partial charge is 0.507 e. The summed E-state index contributed by atoms with van der Waals surface area (Å²) >= 11 is 1.47. The molecule has 0 atom stereocenters. The molecule has 0 saturated heterocycles. The van der Waals surface area contributed by atoms with Gasteiger partial charge in [0.2, 0.25) is 11.6 Å². The minimum Gasteiger partial charge on any atom is -0.507 e. The third-order valence-corrected chi connectivity index (χ3v) is 6.91. The van der Waals surface area contributed by atoms with Gasteiger partial charge in [0.15, 0.2) is 0 Å². The van der Waals surface area contributed by atoms with E-state index in [1.165, 1.54) is 11.9 Å². The molecule has 158 valence electrons. The summed E-state index contributed by atoms with van der Waals surface area (Å²) in [6.07, 6.45) is 1.91. The van der Waals surface area contributed by atoms with E-state index in [2.05, 4.69) is 0 Å². The molecule has 0 bridgehead atoms. The van der Waals surface area contributed by atoms with Crippen LogP contribution in [0, 0.1) is 0 Å². The molecule has 1 heterocycles. The molecule has 0 spiro atoms. The van der Waals surface area contributed by atoms with Gasteiger partial charge in [-0.15, -0.1) is 0 Å². The van der Waals surface area contributed by atoms with Crippen molar-refractivity contribution in [3.05, 3.63) is 108 Å². The van der Waals surface area contributed by atoms with E-state index in [1.54, 1.807) is 12.1 Å². The van der Waals surface area contributed by atoms with Crippen molar-refractivity contribution in [3.8, 4) is 28.1 Å². The van der Waals surface area contributed by atoms with Crippen LogP contribution in [0.15, 0.2) is 102 Å². The molecule has 0 radical (unpaired) electrons. The average Bonchev–Trinajstić information content (AvgIpc) is 3.23. The number of carbonyl (C=O) groups excluding carboxylic acids is 2. The lowest BCUT2D eigenvalue weighted by atomic mass is 9.83. The number of benzene rings is 4. The lowest BCUT2D eigenvalue weighted by molar-refractivity contribution is 0.0814. The fraction of sp³-hybridized carbons (Fsp3) is 0. The molecule has 0 fully saturated rings. The summed E-state index contributed by atoms with van der Waals surface area (Å²) in [5.74, 6) is -1.43. The number of phenols is 1. The lowest BCUT2D eigenvalue weighted by Gasteiger charge is -2.20. The van der Waals surface area contributed by atoms with Crippen LogP contribution in [-0.2, 0) is 0 Å². The van der Waals surface area contributed by atoms with Crippen molar-refractivity contribution in [3.63, 3.8) is 0 Å². The van der Waals surface area contributed by atoms with E-state index < -0.39 is 11.6 Å². The smallest absolute Gasteiger partial charge is 0.238 e. The van der Waals surface area contributed by atoms with Crippen molar-refractivity contribution in [1.29, 1.82) is 0 Å². The third-order valence-electron chi connectivity index (χ3n) is 5.94. The fourth-order valence-corrected chi connectivity index (χ4v) is 5.39. The Hall–Kier alpha value is -4.09. The number of nitrogens with zero attached hydrogens (tertiary/aromatic N) is 1. The average molecular weight is 448 g/mol. The molecule has 5 heteroatoms. The Bertz CT molecular complexity index is 1570. The second kappa shape index (κ2) is 7.50. The van der Waals surface area contributed by atoms with Crippen LogP contribution in [0.25, 0.3) is 33.2 Å². The zero-order valence-electron chi connectivity index (χ0n) is 17.4. The van der Waals surface area contributed by atoms with Crippen LogP contribution in [0.3, 0.4) is 0 Å². The highest BCUT2D eigenvalue weighted by atomic mass is 32.2. The van der Waals surface area contributed by atoms with Crippen LogP contribution in [-0.4, -0.2) is 20.6 Å². The molecule has 0 saturated carbocycles. The van der Waals surface area contributed by atoms with Crippen LogP contribution >= 0.6 is 11.9 Å². The first kappa shape index (κ1) is 19.6. The Morgan fingerprint density at radius 2 is 1.33 bits per heavy atom. The van der Waals surface area contributed by atoms with E-state index in [-0.39, 0.29) is 11.3 Å². The van der Waals surface area contributed by atoms with Gasteiger partial charge in [-0.1, -0.05) is 72.8 Å². The summed E-state index contributed by atoms with van der Waals surface area (Å²) in [4.78, 5) is 27.7. The molecule has 5 aromatic rings. The van der Waals surface area contributed by atoms with E-state index >= 15 is 0 Å². The van der Waals surface area contributed by atoms with E-state index in [0.29, 0.717) is 27.8 Å². The highest BCUT2D eigenvalue weighted by molar-refractivity contribution is 7.98. The molecule has 1 aliphatic rings. The lowest BCUT2D eigenvalue weighted by Crippen LogP contribution is -2.22. The fourth-order valence-electron chi connectivity index (χ4n) is 4.44. The molecular formula is C28H17NO3S. The monoisotopic (exact) mass is 447 g/mol. The maximum Gasteiger partial charge on any atom is 0.238 e. The predicted molar refractivity (Wildman–Crippen MR) is 131 cm³/mol. The maximum absolute atomic E-state index is 13.4. The second-order valence-corrected chi connectivity index (χ2v) is 8.94. The molecule has 33 heavy (non-hydrogen) atoms. The van der Waals surface area contributed by atoms with Crippen LogP contribution in [0.4, 0.5) is 0 Å². The number of fused-ring (bicyclic) bond motifs is 4. The number of rotatable bonds is 3. The van der Waals surface area contributed by atoms with Crippen molar-refractivity contribution in [2.45, 2.75) is 4.90 Å². The number of hydrogen-bond acceptors (Lipinski definition) is 4. The minimum atomic E-state index is -0.680. The normalized spacial score (nSPS) is 12.6. The van der Waals surface area contributed by atoms with Gasteiger partial charge >= 0.3 is 0 Å². The van der Waals surface area contributed by atoms with Gasteiger partial charge in [0.05, 0.1) is 16.8 Å². The summed E-state index contributed by atoms with van der Waals surface area (Å²) < 4.78 is 1.93. The van der Waals surface area contributed by atoms with E-state index in [1.807, 2.05) is 89.0 Å². The van der Waals surface area contributed by atoms with Crippen molar-refractivity contribution in [2.75, 3.05) is 0 Å². The van der Waals surface area contributed by atoms with Crippen LogP contribution < -0.4 is 0 Å². The molecule has 4 aromatic carbocycles. The van der Waals surface area contributed by atoms with Crippen molar-refractivity contribution in [2.24, 2.45) is 0 Å². The van der Waals surface area contributed by atoms with Crippen molar-refractivity contribution in [1.82, 2.24) is 3.97 Å². The highest BCUT2D eigenvalue weighted by Gasteiger charge is 2.38. The van der Waals surface area contributed by atoms with Gasteiger partial charge in [-0.3, -0.25) is 13.6 Å². The quantitative estimate of drug-likeness (QED) is 0.316. The van der Waals surface area contributed by atoms with Crippen molar-refractivity contribution >= 4 is 34.3 Å². The summed E-state index contributed by atoms with van der Waals surface area (Å²) in [6.45, 7) is 0. The molecule has 0 unspecified atom stereocenters. The first-order valence-electron chi connectivity index (χ1n) is 10.5. The number of phenolic OH excluding ortho intramolecular Hbond substituents is 1. The second-order valence-electron chi connectivity index (χ2n) is 7.89. The Balaban J connectivity index is 1.70. The SMILES string of the molecule is O=C1C(=O)c2c(-c3ccccc3)cn(Sc3ccccc3)c2-c2cc3ccccc3c(O)c21. The Morgan fingerprint density at radius 3 is 2.09 bits per heavy atom. The molecule has 1 aliphatic carbocycles. The zero-order valence-corrected chi connectivity index (χ0v) is 18.2. The van der Waals surface area contributed by atoms with Gasteiger partial charge in [-0.05, 0) is 41.1 Å². The van der Waals surface area contributed by atoms with Gasteiger partial charge in [0.25, 0.3) is 0 Å². The van der Waals surface area contributed by atoms with Gasteiger partial charge in [-0.25, -0.2) is 0 Å². The Labute approximate surface area is 194 Å². The number of hydrogen-bond donors (Lipinski definition) is 1. The standard InChI is InChI=1S/C28H17NO3S/c30-26-20-14-8-7-11-18(20)15-21-24(26)28(32)27(31)23-22(17-9-3-1-4-10-17)16-29(25(21)23)33-19-12-5-2-6-13-19/h1-16,30H. The van der Waals surface area contributed by atoms with Crippen LogP contribution in [0.5, 0.6) is 5.75 Å². The number of aromatic nitrogens is 1. The summed E-state index contributed by atoms with van der Waals surface area (Å²) in [5.41, 5.74) is 3.19. The number of aromatic hydroxyl groups is 1. The number of ketones is 2. The Morgan fingerprint density at radius 1 is 0.697 bits per heavy atom. The van der Waals surface area contributed by atoms with E-state index in [0.717, 1.165) is 15.8 Å². The number of carbonyl (C=O) groups is 2. The van der Waals surface area contributed by atoms with Gasteiger partial charge in [0.1, 0.15) is 5.75 Å². The van der Waals surface area contributed by atoms with Crippen LogP contribution in [0.1, 0.15) is 20.7 Å². The maximum atomic E-state index is 13.4. The molecule has 0 aliphatic heterocycles. The first-order valence-corrected chi connectivity index (χ1v) is 11.3. The van der Waals surface area contributed by atoms with E-state index in [4.69, 9.17) is 0 Å². The van der Waals surface area contributed by atoms with Gasteiger partial charge in [0, 0.05) is 27.6 Å². The Kier molecular flexibility index (Phi) is 4.45. The molecule has 1 aromatic heterocycles. The summed E-state index contributed by atoms with van der Waals surface area (Å²) in [7, 11) is 0. The minimum absolute atomic E-state index is 0.0684. The van der Waals surface area contributed by atoms with Gasteiger partial charge in [-0.2, -0.15) is 0 Å². The summed E-state index contributed by atoms with van der Waals surface area (Å²) in [5, 5.41) is 12.4. The molecule has 0 amide bonds. The number of Topliss-reactive ketones (excluding diaryl/α,β-unsaturated/α-hetero) is 2.